The highest BCUT2D eigenvalue weighted by Gasteiger charge is 2.40. The van der Waals surface area contributed by atoms with Crippen LogP contribution in [0.15, 0.2) is 30.3 Å². The van der Waals surface area contributed by atoms with E-state index in [1.165, 1.54) is 18.9 Å². The lowest BCUT2D eigenvalue weighted by atomic mass is 10.1. The SMILES string of the molecule is CC1CCC(C)(C[Si](C)(C)c2ccccc2)O1. The van der Waals surface area contributed by atoms with Crippen molar-refractivity contribution < 1.29 is 4.74 Å². The minimum atomic E-state index is -1.37. The highest BCUT2D eigenvalue weighted by molar-refractivity contribution is 6.90. The van der Waals surface area contributed by atoms with E-state index >= 15 is 0 Å². The van der Waals surface area contributed by atoms with Gasteiger partial charge in [0.05, 0.1) is 19.8 Å². The minimum Gasteiger partial charge on any atom is -0.373 e. The maximum Gasteiger partial charge on any atom is 0.0834 e. The van der Waals surface area contributed by atoms with Gasteiger partial charge in [-0.25, -0.2) is 0 Å². The van der Waals surface area contributed by atoms with E-state index in [-0.39, 0.29) is 5.60 Å². The third-order valence-corrected chi connectivity index (χ3v) is 7.46. The minimum absolute atomic E-state index is 0.116. The highest BCUT2D eigenvalue weighted by Crippen LogP contribution is 2.36. The standard InChI is InChI=1S/C15H24OSi/c1-13-10-11-15(2,16-13)12-17(3,4)14-8-6-5-7-9-14/h5-9,13H,10-12H2,1-4H3. The lowest BCUT2D eigenvalue weighted by Gasteiger charge is -2.33. The van der Waals surface area contributed by atoms with Crippen LogP contribution in [0.4, 0.5) is 0 Å². The van der Waals surface area contributed by atoms with Gasteiger partial charge in [0.15, 0.2) is 0 Å². The molecule has 2 heteroatoms. The van der Waals surface area contributed by atoms with E-state index in [1.54, 1.807) is 5.19 Å². The zero-order valence-electron chi connectivity index (χ0n) is 11.5. The molecule has 1 aliphatic rings. The van der Waals surface area contributed by atoms with Crippen molar-refractivity contribution in [2.45, 2.75) is 57.5 Å². The molecule has 1 aromatic rings. The van der Waals surface area contributed by atoms with Crippen LogP contribution in [0.3, 0.4) is 0 Å². The van der Waals surface area contributed by atoms with Gasteiger partial charge in [-0.3, -0.25) is 0 Å². The van der Waals surface area contributed by atoms with Gasteiger partial charge >= 0.3 is 0 Å². The fourth-order valence-electron chi connectivity index (χ4n) is 3.17. The number of rotatable bonds is 3. The summed E-state index contributed by atoms with van der Waals surface area (Å²) >= 11 is 0. The number of hydrogen-bond donors (Lipinski definition) is 0. The van der Waals surface area contributed by atoms with E-state index in [0.29, 0.717) is 6.10 Å². The van der Waals surface area contributed by atoms with Crippen molar-refractivity contribution in [2.75, 3.05) is 0 Å². The second kappa shape index (κ2) is 4.58. The Morgan fingerprint density at radius 3 is 2.47 bits per heavy atom. The summed E-state index contributed by atoms with van der Waals surface area (Å²) in [5.41, 5.74) is 0.116. The lowest BCUT2D eigenvalue weighted by molar-refractivity contribution is -0.00738. The van der Waals surface area contributed by atoms with Crippen LogP contribution in [0.1, 0.15) is 26.7 Å². The largest absolute Gasteiger partial charge is 0.373 e. The Kier molecular flexibility index (Phi) is 3.46. The predicted octanol–water partition coefficient (Wildman–Crippen LogP) is 3.56. The average Bonchev–Trinajstić information content (AvgIpc) is 2.58. The lowest BCUT2D eigenvalue weighted by Crippen LogP contribution is -2.47. The average molecular weight is 248 g/mol. The molecule has 1 heterocycles. The molecule has 1 saturated heterocycles. The van der Waals surface area contributed by atoms with E-state index in [2.05, 4.69) is 57.3 Å². The molecule has 1 aromatic carbocycles. The van der Waals surface area contributed by atoms with Gasteiger partial charge in [0.25, 0.3) is 0 Å². The second-order valence-corrected chi connectivity index (χ2v) is 11.0. The second-order valence-electron chi connectivity index (χ2n) is 6.34. The van der Waals surface area contributed by atoms with Crippen LogP contribution in [0.5, 0.6) is 0 Å². The first-order valence-electron chi connectivity index (χ1n) is 6.65. The van der Waals surface area contributed by atoms with Crippen molar-refractivity contribution in [1.29, 1.82) is 0 Å². The Labute approximate surface area is 106 Å². The Morgan fingerprint density at radius 2 is 1.94 bits per heavy atom. The predicted molar refractivity (Wildman–Crippen MR) is 76.6 cm³/mol. The zero-order valence-corrected chi connectivity index (χ0v) is 12.5. The summed E-state index contributed by atoms with van der Waals surface area (Å²) in [6.07, 6.45) is 2.88. The molecule has 0 N–H and O–H groups in total. The Bertz CT molecular complexity index is 374. The normalized spacial score (nSPS) is 29.5. The summed E-state index contributed by atoms with van der Waals surface area (Å²) in [7, 11) is -1.37. The van der Waals surface area contributed by atoms with Gasteiger partial charge in [0.2, 0.25) is 0 Å². The number of hydrogen-bond acceptors (Lipinski definition) is 1. The molecule has 1 aliphatic heterocycles. The van der Waals surface area contributed by atoms with E-state index < -0.39 is 8.07 Å². The molecule has 0 amide bonds. The van der Waals surface area contributed by atoms with Crippen molar-refractivity contribution >= 4 is 13.3 Å². The smallest absolute Gasteiger partial charge is 0.0834 e. The van der Waals surface area contributed by atoms with Gasteiger partial charge in [-0.1, -0.05) is 48.6 Å². The molecule has 2 rings (SSSR count). The van der Waals surface area contributed by atoms with Crippen LogP contribution in [-0.2, 0) is 4.74 Å². The molecule has 2 atom stereocenters. The molecule has 17 heavy (non-hydrogen) atoms. The van der Waals surface area contributed by atoms with Gasteiger partial charge in [0.1, 0.15) is 0 Å². The quantitative estimate of drug-likeness (QED) is 0.743. The van der Waals surface area contributed by atoms with Crippen LogP contribution in [0, 0.1) is 0 Å². The Hall–Kier alpha value is -0.603. The van der Waals surface area contributed by atoms with Crippen LogP contribution in [0.25, 0.3) is 0 Å². The molecule has 94 valence electrons. The van der Waals surface area contributed by atoms with Crippen molar-refractivity contribution in [3.05, 3.63) is 30.3 Å². The first kappa shape index (κ1) is 12.8. The van der Waals surface area contributed by atoms with Crippen molar-refractivity contribution in [1.82, 2.24) is 0 Å². The zero-order chi connectivity index (χ0) is 12.5. The highest BCUT2D eigenvalue weighted by atomic mass is 28.3. The summed E-state index contributed by atoms with van der Waals surface area (Å²) in [5.74, 6) is 0. The maximum absolute atomic E-state index is 6.14. The summed E-state index contributed by atoms with van der Waals surface area (Å²) in [4.78, 5) is 0. The van der Waals surface area contributed by atoms with Crippen molar-refractivity contribution in [3.8, 4) is 0 Å². The van der Waals surface area contributed by atoms with Crippen LogP contribution in [-0.4, -0.2) is 19.8 Å². The molecule has 0 radical (unpaired) electrons. The van der Waals surface area contributed by atoms with E-state index in [4.69, 9.17) is 4.74 Å². The fraction of sp³-hybridized carbons (Fsp3) is 0.600. The summed E-state index contributed by atoms with van der Waals surface area (Å²) in [6.45, 7) is 9.41. The van der Waals surface area contributed by atoms with Gasteiger partial charge < -0.3 is 4.74 Å². The fourth-order valence-corrected chi connectivity index (χ4v) is 6.60. The monoisotopic (exact) mass is 248 g/mol. The number of benzene rings is 1. The van der Waals surface area contributed by atoms with E-state index in [1.807, 2.05) is 0 Å². The molecule has 2 unspecified atom stereocenters. The van der Waals surface area contributed by atoms with Crippen LogP contribution in [0.2, 0.25) is 19.1 Å². The summed E-state index contributed by atoms with van der Waals surface area (Å²) in [5, 5.41) is 1.55. The van der Waals surface area contributed by atoms with Crippen LogP contribution >= 0.6 is 0 Å². The molecule has 0 aliphatic carbocycles. The van der Waals surface area contributed by atoms with Gasteiger partial charge in [-0.05, 0) is 32.7 Å². The molecule has 0 aromatic heterocycles. The van der Waals surface area contributed by atoms with Gasteiger partial charge in [0, 0.05) is 0 Å². The molecule has 1 nitrogen and oxygen atoms in total. The van der Waals surface area contributed by atoms with E-state index in [9.17, 15) is 0 Å². The topological polar surface area (TPSA) is 9.23 Å². The Balaban J connectivity index is 2.12. The van der Waals surface area contributed by atoms with Crippen LogP contribution < -0.4 is 5.19 Å². The molecular formula is C15H24OSi. The first-order valence-corrected chi connectivity index (χ1v) is 9.85. The molecule has 0 bridgehead atoms. The summed E-state index contributed by atoms with van der Waals surface area (Å²) in [6, 6.07) is 12.2. The van der Waals surface area contributed by atoms with Crippen molar-refractivity contribution in [2.24, 2.45) is 0 Å². The Morgan fingerprint density at radius 1 is 1.29 bits per heavy atom. The molecular weight excluding hydrogens is 224 g/mol. The number of ether oxygens (including phenoxy) is 1. The molecule has 1 fully saturated rings. The molecule has 0 spiro atoms. The third kappa shape index (κ3) is 2.99. The van der Waals surface area contributed by atoms with E-state index in [0.717, 1.165) is 0 Å². The van der Waals surface area contributed by atoms with Gasteiger partial charge in [-0.15, -0.1) is 0 Å². The summed E-state index contributed by atoms with van der Waals surface area (Å²) < 4.78 is 6.14. The first-order chi connectivity index (χ1) is 7.91. The van der Waals surface area contributed by atoms with Gasteiger partial charge in [-0.2, -0.15) is 0 Å². The van der Waals surface area contributed by atoms with Crippen molar-refractivity contribution in [3.63, 3.8) is 0 Å². The molecule has 0 saturated carbocycles. The third-order valence-electron chi connectivity index (χ3n) is 3.94. The maximum atomic E-state index is 6.14.